The minimum Gasteiger partial charge on any atom is -0.481 e. The van der Waals surface area contributed by atoms with Crippen LogP contribution in [-0.4, -0.2) is 35.6 Å². The van der Waals surface area contributed by atoms with Gasteiger partial charge in [0, 0.05) is 43.0 Å². The standard InChI is InChI=1S/C22H23FN2O3/c1-14(22(26)27)12-25-9-6-15(7-10-25)21-17-3-2-8-24-19(17)13-28-20-11-16(23)4-5-18(20)21/h2-5,8,11,13-14,24H,6-7,9-10,12H2,1H3,(H,26,27). The Kier molecular flexibility index (Phi) is 5.05. The predicted molar refractivity (Wildman–Crippen MR) is 105 cm³/mol. The number of aliphatic carboxylic acids is 1. The highest BCUT2D eigenvalue weighted by Gasteiger charge is 2.27. The summed E-state index contributed by atoms with van der Waals surface area (Å²) in [6.45, 7) is 3.92. The zero-order valence-corrected chi connectivity index (χ0v) is 15.7. The van der Waals surface area contributed by atoms with E-state index in [2.05, 4.69) is 10.2 Å². The van der Waals surface area contributed by atoms with E-state index >= 15 is 0 Å². The van der Waals surface area contributed by atoms with E-state index in [0.29, 0.717) is 12.3 Å². The minimum atomic E-state index is -0.763. The molecule has 6 heteroatoms. The Hall–Kier alpha value is -2.86. The molecular weight excluding hydrogens is 359 g/mol. The van der Waals surface area contributed by atoms with Gasteiger partial charge in [-0.25, -0.2) is 4.39 Å². The number of hydrogen-bond acceptors (Lipinski definition) is 4. The summed E-state index contributed by atoms with van der Waals surface area (Å²) in [5.74, 6) is -0.965. The Bertz CT molecular complexity index is 920. The largest absolute Gasteiger partial charge is 0.481 e. The highest BCUT2D eigenvalue weighted by atomic mass is 19.1. The molecule has 1 aromatic carbocycles. The van der Waals surface area contributed by atoms with Gasteiger partial charge in [-0.15, -0.1) is 0 Å². The topological polar surface area (TPSA) is 61.8 Å². The molecule has 0 saturated carbocycles. The monoisotopic (exact) mass is 382 g/mol. The van der Waals surface area contributed by atoms with Crippen molar-refractivity contribution in [2.45, 2.75) is 19.8 Å². The molecule has 0 aliphatic carbocycles. The number of fused-ring (bicyclic) bond motifs is 2. The maximum atomic E-state index is 13.8. The molecule has 1 fully saturated rings. The van der Waals surface area contributed by atoms with E-state index in [9.17, 15) is 9.18 Å². The summed E-state index contributed by atoms with van der Waals surface area (Å²) in [5.41, 5.74) is 5.14. The van der Waals surface area contributed by atoms with Gasteiger partial charge in [0.25, 0.3) is 0 Å². The minimum absolute atomic E-state index is 0.330. The number of ether oxygens (including phenoxy) is 1. The summed E-state index contributed by atoms with van der Waals surface area (Å²) in [6.07, 6.45) is 9.15. The molecule has 1 saturated heterocycles. The first kappa shape index (κ1) is 18.5. The molecule has 1 aromatic rings. The van der Waals surface area contributed by atoms with Gasteiger partial charge in [-0.1, -0.05) is 18.6 Å². The highest BCUT2D eigenvalue weighted by molar-refractivity contribution is 5.89. The van der Waals surface area contributed by atoms with Crippen LogP contribution < -0.4 is 10.1 Å². The lowest BCUT2D eigenvalue weighted by atomic mass is 9.86. The van der Waals surface area contributed by atoms with Crippen molar-refractivity contribution < 1.29 is 19.0 Å². The summed E-state index contributed by atoms with van der Waals surface area (Å²) < 4.78 is 19.6. The molecule has 3 aliphatic heterocycles. The van der Waals surface area contributed by atoms with Crippen molar-refractivity contribution >= 4 is 11.5 Å². The van der Waals surface area contributed by atoms with Gasteiger partial charge in [0.15, 0.2) is 0 Å². The average Bonchev–Trinajstić information content (AvgIpc) is 2.85. The number of benzene rings is 1. The molecular formula is C22H23FN2O3. The van der Waals surface area contributed by atoms with Crippen LogP contribution in [0.15, 0.2) is 59.7 Å². The van der Waals surface area contributed by atoms with Crippen LogP contribution in [0.5, 0.6) is 5.75 Å². The second kappa shape index (κ2) is 7.64. The number of nitrogens with zero attached hydrogens (tertiary/aromatic N) is 1. The second-order valence-corrected chi connectivity index (χ2v) is 7.39. The lowest BCUT2D eigenvalue weighted by Crippen LogP contribution is -2.36. The Balaban J connectivity index is 1.68. The summed E-state index contributed by atoms with van der Waals surface area (Å²) in [7, 11) is 0. The molecule has 2 N–H and O–H groups in total. The predicted octanol–water partition coefficient (Wildman–Crippen LogP) is 3.67. The number of halogens is 1. The van der Waals surface area contributed by atoms with Crippen molar-refractivity contribution in [1.29, 1.82) is 0 Å². The third kappa shape index (κ3) is 3.60. The summed E-state index contributed by atoms with van der Waals surface area (Å²) in [4.78, 5) is 13.3. The van der Waals surface area contributed by atoms with Gasteiger partial charge in [-0.05, 0) is 36.6 Å². The number of carboxylic acids is 1. The molecule has 146 valence electrons. The van der Waals surface area contributed by atoms with Gasteiger partial charge < -0.3 is 20.1 Å². The SMILES string of the molecule is CC(CN1CCC(=C2C3=CC=CNC3=COc3cc(F)ccc32)CC1)C(=O)O. The van der Waals surface area contributed by atoms with E-state index in [1.165, 1.54) is 17.7 Å². The van der Waals surface area contributed by atoms with Gasteiger partial charge in [0.1, 0.15) is 17.8 Å². The lowest BCUT2D eigenvalue weighted by molar-refractivity contribution is -0.141. The number of nitrogens with one attached hydrogen (secondary N) is 1. The smallest absolute Gasteiger partial charge is 0.307 e. The third-order valence-corrected chi connectivity index (χ3v) is 5.44. The number of hydrogen-bond donors (Lipinski definition) is 2. The van der Waals surface area contributed by atoms with Crippen molar-refractivity contribution in [2.24, 2.45) is 5.92 Å². The number of piperidine rings is 1. The van der Waals surface area contributed by atoms with Crippen LogP contribution in [0.4, 0.5) is 4.39 Å². The zero-order valence-electron chi connectivity index (χ0n) is 15.7. The molecule has 0 bridgehead atoms. The third-order valence-electron chi connectivity index (χ3n) is 5.44. The van der Waals surface area contributed by atoms with E-state index in [4.69, 9.17) is 9.84 Å². The molecule has 0 aromatic heterocycles. The number of dihydropyridines is 1. The van der Waals surface area contributed by atoms with Crippen LogP contribution in [0, 0.1) is 11.7 Å². The summed E-state index contributed by atoms with van der Waals surface area (Å²) in [5, 5.41) is 12.4. The van der Waals surface area contributed by atoms with E-state index < -0.39 is 5.97 Å². The molecule has 28 heavy (non-hydrogen) atoms. The van der Waals surface area contributed by atoms with Crippen molar-refractivity contribution in [3.05, 3.63) is 71.0 Å². The van der Waals surface area contributed by atoms with Crippen molar-refractivity contribution in [3.8, 4) is 5.75 Å². The molecule has 0 radical (unpaired) electrons. The number of likely N-dealkylation sites (tertiary alicyclic amines) is 1. The Morgan fingerprint density at radius 1 is 1.36 bits per heavy atom. The number of allylic oxidation sites excluding steroid dienone is 3. The number of rotatable bonds is 3. The lowest BCUT2D eigenvalue weighted by Gasteiger charge is -2.31. The zero-order chi connectivity index (χ0) is 19.7. The van der Waals surface area contributed by atoms with Crippen LogP contribution in [0.25, 0.3) is 5.57 Å². The Labute approximate surface area is 163 Å². The molecule has 3 aliphatic rings. The Morgan fingerprint density at radius 2 is 2.14 bits per heavy atom. The maximum absolute atomic E-state index is 13.8. The van der Waals surface area contributed by atoms with Crippen LogP contribution in [0.3, 0.4) is 0 Å². The van der Waals surface area contributed by atoms with E-state index in [1.54, 1.807) is 19.3 Å². The van der Waals surface area contributed by atoms with E-state index in [0.717, 1.165) is 48.3 Å². The molecule has 1 unspecified atom stereocenters. The molecule has 1 atom stereocenters. The fraction of sp³-hybridized carbons (Fsp3) is 0.318. The first-order valence-corrected chi connectivity index (χ1v) is 9.51. The average molecular weight is 382 g/mol. The second-order valence-electron chi connectivity index (χ2n) is 7.39. The van der Waals surface area contributed by atoms with Gasteiger partial charge in [-0.2, -0.15) is 0 Å². The van der Waals surface area contributed by atoms with Crippen LogP contribution >= 0.6 is 0 Å². The van der Waals surface area contributed by atoms with Crippen LogP contribution in [-0.2, 0) is 4.79 Å². The van der Waals surface area contributed by atoms with Crippen LogP contribution in [0.1, 0.15) is 25.3 Å². The van der Waals surface area contributed by atoms with E-state index in [1.807, 2.05) is 18.4 Å². The van der Waals surface area contributed by atoms with Gasteiger partial charge in [-0.3, -0.25) is 4.79 Å². The molecule has 4 rings (SSSR count). The van der Waals surface area contributed by atoms with Gasteiger partial charge in [0.05, 0.1) is 11.6 Å². The van der Waals surface area contributed by atoms with Gasteiger partial charge >= 0.3 is 5.97 Å². The fourth-order valence-electron chi connectivity index (χ4n) is 3.93. The highest BCUT2D eigenvalue weighted by Crippen LogP contribution is 2.42. The normalized spacial score (nSPS) is 20.1. The first-order valence-electron chi connectivity index (χ1n) is 9.51. The molecule has 5 nitrogen and oxygen atoms in total. The number of carboxylic acid groups (broad SMARTS) is 1. The van der Waals surface area contributed by atoms with Crippen molar-refractivity contribution in [3.63, 3.8) is 0 Å². The van der Waals surface area contributed by atoms with Crippen molar-refractivity contribution in [2.75, 3.05) is 19.6 Å². The molecule has 3 heterocycles. The molecule has 0 spiro atoms. The van der Waals surface area contributed by atoms with Crippen LogP contribution in [0.2, 0.25) is 0 Å². The fourth-order valence-corrected chi connectivity index (χ4v) is 3.93. The maximum Gasteiger partial charge on any atom is 0.307 e. The van der Waals surface area contributed by atoms with Gasteiger partial charge in [0.2, 0.25) is 0 Å². The number of carbonyl (C=O) groups is 1. The Morgan fingerprint density at radius 3 is 2.89 bits per heavy atom. The quantitative estimate of drug-likeness (QED) is 0.835. The van der Waals surface area contributed by atoms with Crippen molar-refractivity contribution in [1.82, 2.24) is 10.2 Å². The van der Waals surface area contributed by atoms with E-state index in [-0.39, 0.29) is 11.7 Å². The first-order chi connectivity index (χ1) is 13.5. The summed E-state index contributed by atoms with van der Waals surface area (Å²) >= 11 is 0. The molecule has 0 amide bonds. The summed E-state index contributed by atoms with van der Waals surface area (Å²) in [6, 6.07) is 4.66.